The van der Waals surface area contributed by atoms with Crippen molar-refractivity contribution in [3.8, 4) is 11.8 Å². The molecule has 0 aliphatic carbocycles. The zero-order chi connectivity index (χ0) is 12.8. The number of hydrogen-bond donors (Lipinski definition) is 0. The standard InChI is InChI=1S/C12H12ClNO3/c1-3-16-12(15)8(2)17-11-6-4-5-10(13)9(11)7-14/h4-6,8H,3H2,1-2H3. The normalized spacial score (nSPS) is 11.4. The zero-order valence-corrected chi connectivity index (χ0v) is 10.3. The molecule has 17 heavy (non-hydrogen) atoms. The van der Waals surface area contributed by atoms with Gasteiger partial charge in [0.1, 0.15) is 17.4 Å². The largest absolute Gasteiger partial charge is 0.478 e. The average Bonchev–Trinajstić information content (AvgIpc) is 2.29. The number of hydrogen-bond acceptors (Lipinski definition) is 4. The summed E-state index contributed by atoms with van der Waals surface area (Å²) in [6.45, 7) is 3.55. The Bertz CT molecular complexity index is 454. The number of nitriles is 1. The summed E-state index contributed by atoms with van der Waals surface area (Å²) in [4.78, 5) is 11.4. The summed E-state index contributed by atoms with van der Waals surface area (Å²) in [5.74, 6) is -0.197. The third-order valence-corrected chi connectivity index (χ3v) is 2.32. The molecule has 0 aliphatic rings. The summed E-state index contributed by atoms with van der Waals surface area (Å²) >= 11 is 5.84. The number of benzene rings is 1. The fraction of sp³-hybridized carbons (Fsp3) is 0.333. The third kappa shape index (κ3) is 3.36. The first-order valence-electron chi connectivity index (χ1n) is 5.12. The van der Waals surface area contributed by atoms with Crippen LogP contribution in [-0.2, 0) is 9.53 Å². The van der Waals surface area contributed by atoms with Gasteiger partial charge in [0.05, 0.1) is 11.6 Å². The Balaban J connectivity index is 2.86. The molecule has 5 heteroatoms. The van der Waals surface area contributed by atoms with Gasteiger partial charge in [0, 0.05) is 0 Å². The average molecular weight is 254 g/mol. The van der Waals surface area contributed by atoms with E-state index in [1.165, 1.54) is 0 Å². The van der Waals surface area contributed by atoms with Crippen LogP contribution in [-0.4, -0.2) is 18.7 Å². The van der Waals surface area contributed by atoms with Crippen LogP contribution in [0.1, 0.15) is 19.4 Å². The van der Waals surface area contributed by atoms with Crippen molar-refractivity contribution in [1.29, 1.82) is 5.26 Å². The molecule has 1 rings (SSSR count). The third-order valence-electron chi connectivity index (χ3n) is 2.01. The van der Waals surface area contributed by atoms with Crippen molar-refractivity contribution >= 4 is 17.6 Å². The highest BCUT2D eigenvalue weighted by atomic mass is 35.5. The molecule has 1 aromatic carbocycles. The van der Waals surface area contributed by atoms with E-state index in [4.69, 9.17) is 26.3 Å². The van der Waals surface area contributed by atoms with Crippen LogP contribution in [0.5, 0.6) is 5.75 Å². The number of carbonyl (C=O) groups is 1. The maximum atomic E-state index is 11.4. The van der Waals surface area contributed by atoms with Crippen LogP contribution < -0.4 is 4.74 Å². The molecule has 90 valence electrons. The first-order valence-corrected chi connectivity index (χ1v) is 5.49. The lowest BCUT2D eigenvalue weighted by atomic mass is 10.2. The first kappa shape index (κ1) is 13.3. The summed E-state index contributed by atoms with van der Waals surface area (Å²) < 4.78 is 10.1. The maximum absolute atomic E-state index is 11.4. The van der Waals surface area contributed by atoms with Gasteiger partial charge >= 0.3 is 5.97 Å². The van der Waals surface area contributed by atoms with E-state index in [1.54, 1.807) is 32.0 Å². The molecule has 0 heterocycles. The minimum atomic E-state index is -0.777. The Kier molecular flexibility index (Phi) is 4.80. The Morgan fingerprint density at radius 1 is 1.59 bits per heavy atom. The van der Waals surface area contributed by atoms with Crippen molar-refractivity contribution in [2.75, 3.05) is 6.61 Å². The number of esters is 1. The second-order valence-electron chi connectivity index (χ2n) is 3.24. The molecule has 0 N–H and O–H groups in total. The van der Waals surface area contributed by atoms with E-state index in [9.17, 15) is 4.79 Å². The molecule has 1 aromatic rings. The first-order chi connectivity index (χ1) is 8.10. The molecule has 4 nitrogen and oxygen atoms in total. The molecular weight excluding hydrogens is 242 g/mol. The topological polar surface area (TPSA) is 59.3 Å². The van der Waals surface area contributed by atoms with Gasteiger partial charge in [0.15, 0.2) is 6.10 Å². The smallest absolute Gasteiger partial charge is 0.347 e. The molecule has 0 aromatic heterocycles. The number of halogens is 1. The molecule has 0 aliphatic heterocycles. The number of nitrogens with zero attached hydrogens (tertiary/aromatic N) is 1. The minimum absolute atomic E-state index is 0.213. The lowest BCUT2D eigenvalue weighted by Gasteiger charge is -2.14. The van der Waals surface area contributed by atoms with E-state index in [2.05, 4.69) is 0 Å². The summed E-state index contributed by atoms with van der Waals surface area (Å²) in [7, 11) is 0. The van der Waals surface area contributed by atoms with Crippen LogP contribution in [0.25, 0.3) is 0 Å². The molecule has 1 unspecified atom stereocenters. The Morgan fingerprint density at radius 2 is 2.29 bits per heavy atom. The van der Waals surface area contributed by atoms with Gasteiger partial charge in [-0.15, -0.1) is 0 Å². The second-order valence-corrected chi connectivity index (χ2v) is 3.64. The van der Waals surface area contributed by atoms with E-state index in [0.717, 1.165) is 0 Å². The molecule has 1 atom stereocenters. The number of rotatable bonds is 4. The highest BCUT2D eigenvalue weighted by Gasteiger charge is 2.18. The molecular formula is C12H12ClNO3. The Morgan fingerprint density at radius 3 is 2.88 bits per heavy atom. The molecule has 0 saturated carbocycles. The van der Waals surface area contributed by atoms with Crippen LogP contribution in [0.15, 0.2) is 18.2 Å². The Hall–Kier alpha value is -1.73. The van der Waals surface area contributed by atoms with E-state index in [1.807, 2.05) is 6.07 Å². The van der Waals surface area contributed by atoms with Gasteiger partial charge in [-0.25, -0.2) is 4.79 Å². The number of ether oxygens (including phenoxy) is 2. The lowest BCUT2D eigenvalue weighted by Crippen LogP contribution is -2.26. The van der Waals surface area contributed by atoms with Crippen LogP contribution in [0, 0.1) is 11.3 Å². The van der Waals surface area contributed by atoms with Crippen LogP contribution in [0.3, 0.4) is 0 Å². The van der Waals surface area contributed by atoms with Crippen LogP contribution in [0.2, 0.25) is 5.02 Å². The predicted molar refractivity (Wildman–Crippen MR) is 62.9 cm³/mol. The van der Waals surface area contributed by atoms with E-state index >= 15 is 0 Å². The molecule has 0 radical (unpaired) electrons. The van der Waals surface area contributed by atoms with Gasteiger partial charge in [0.2, 0.25) is 0 Å². The van der Waals surface area contributed by atoms with E-state index in [-0.39, 0.29) is 17.9 Å². The fourth-order valence-electron chi connectivity index (χ4n) is 1.21. The van der Waals surface area contributed by atoms with Gasteiger partial charge in [0.25, 0.3) is 0 Å². The van der Waals surface area contributed by atoms with Gasteiger partial charge in [-0.3, -0.25) is 0 Å². The van der Waals surface area contributed by atoms with Crippen molar-refractivity contribution in [2.24, 2.45) is 0 Å². The van der Waals surface area contributed by atoms with Crippen molar-refractivity contribution in [1.82, 2.24) is 0 Å². The van der Waals surface area contributed by atoms with Crippen LogP contribution in [0.4, 0.5) is 0 Å². The summed E-state index contributed by atoms with van der Waals surface area (Å²) in [5.41, 5.74) is 0.213. The quantitative estimate of drug-likeness (QED) is 0.774. The summed E-state index contributed by atoms with van der Waals surface area (Å²) in [6.07, 6.45) is -0.777. The molecule has 0 fully saturated rings. The highest BCUT2D eigenvalue weighted by molar-refractivity contribution is 6.31. The van der Waals surface area contributed by atoms with Gasteiger partial charge in [-0.05, 0) is 26.0 Å². The lowest BCUT2D eigenvalue weighted by molar-refractivity contribution is -0.150. The SMILES string of the molecule is CCOC(=O)C(C)Oc1cccc(Cl)c1C#N. The highest BCUT2D eigenvalue weighted by Crippen LogP contribution is 2.26. The van der Waals surface area contributed by atoms with Crippen LogP contribution >= 0.6 is 11.6 Å². The summed E-state index contributed by atoms with van der Waals surface area (Å²) in [5, 5.41) is 9.22. The molecule has 0 spiro atoms. The monoisotopic (exact) mass is 253 g/mol. The van der Waals surface area contributed by atoms with Crippen molar-refractivity contribution in [2.45, 2.75) is 20.0 Å². The molecule has 0 amide bonds. The fourth-order valence-corrected chi connectivity index (χ4v) is 1.42. The molecule has 0 saturated heterocycles. The van der Waals surface area contributed by atoms with E-state index in [0.29, 0.717) is 5.02 Å². The number of carbonyl (C=O) groups excluding carboxylic acids is 1. The predicted octanol–water partition coefficient (Wildman–Crippen LogP) is 2.54. The molecule has 0 bridgehead atoms. The van der Waals surface area contributed by atoms with Gasteiger partial charge in [-0.1, -0.05) is 17.7 Å². The van der Waals surface area contributed by atoms with Gasteiger partial charge in [-0.2, -0.15) is 5.26 Å². The van der Waals surface area contributed by atoms with Crippen molar-refractivity contribution in [3.63, 3.8) is 0 Å². The van der Waals surface area contributed by atoms with Gasteiger partial charge < -0.3 is 9.47 Å². The minimum Gasteiger partial charge on any atom is -0.478 e. The van der Waals surface area contributed by atoms with Crippen molar-refractivity contribution in [3.05, 3.63) is 28.8 Å². The summed E-state index contributed by atoms with van der Waals surface area (Å²) in [6, 6.07) is 6.75. The second kappa shape index (κ2) is 6.12. The Labute approximate surface area is 105 Å². The van der Waals surface area contributed by atoms with Crippen molar-refractivity contribution < 1.29 is 14.3 Å². The van der Waals surface area contributed by atoms with E-state index < -0.39 is 12.1 Å². The maximum Gasteiger partial charge on any atom is 0.347 e. The zero-order valence-electron chi connectivity index (χ0n) is 9.57.